The van der Waals surface area contributed by atoms with Gasteiger partial charge < -0.3 is 4.74 Å². The average Bonchev–Trinajstić information content (AvgIpc) is 2.66. The van der Waals surface area contributed by atoms with E-state index < -0.39 is 9.84 Å². The van der Waals surface area contributed by atoms with Crippen molar-refractivity contribution < 1.29 is 13.2 Å². The van der Waals surface area contributed by atoms with Crippen LogP contribution < -0.4 is 0 Å². The Morgan fingerprint density at radius 1 is 1.50 bits per heavy atom. The summed E-state index contributed by atoms with van der Waals surface area (Å²) in [4.78, 5) is 3.84. The maximum Gasteiger partial charge on any atom is 0.266 e. The van der Waals surface area contributed by atoms with Gasteiger partial charge in [-0.1, -0.05) is 0 Å². The summed E-state index contributed by atoms with van der Waals surface area (Å²) >= 11 is 0. The van der Waals surface area contributed by atoms with Crippen molar-refractivity contribution >= 4 is 9.84 Å². The summed E-state index contributed by atoms with van der Waals surface area (Å²) < 4.78 is 29.2. The van der Waals surface area contributed by atoms with Crippen LogP contribution in [-0.2, 0) is 14.6 Å². The molecule has 2 heterocycles. The number of nitrogens with zero attached hydrogens (tertiary/aromatic N) is 2. The van der Waals surface area contributed by atoms with Crippen LogP contribution >= 0.6 is 0 Å². The first kappa shape index (κ1) is 11.5. The molecule has 0 aliphatic carbocycles. The predicted octanol–water partition coefficient (Wildman–Crippen LogP) is 0.456. The number of hydrogen-bond acceptors (Lipinski definition) is 5. The maximum absolute atomic E-state index is 11.9. The van der Waals surface area contributed by atoms with E-state index >= 15 is 0 Å². The molecule has 1 N–H and O–H groups in total. The summed E-state index contributed by atoms with van der Waals surface area (Å²) in [5.41, 5.74) is 0. The molecule has 0 saturated carbocycles. The van der Waals surface area contributed by atoms with Gasteiger partial charge in [0.25, 0.3) is 5.16 Å². The lowest BCUT2D eigenvalue weighted by molar-refractivity contribution is 0.0304. The van der Waals surface area contributed by atoms with Crippen molar-refractivity contribution in [2.45, 2.75) is 37.4 Å². The molecule has 0 bridgehead atoms. The van der Waals surface area contributed by atoms with Crippen LogP contribution in [0.1, 0.15) is 25.1 Å². The molecule has 1 aliphatic heterocycles. The number of aromatic nitrogens is 3. The first-order valence-electron chi connectivity index (χ1n) is 5.31. The van der Waals surface area contributed by atoms with Crippen LogP contribution in [0, 0.1) is 6.92 Å². The smallest absolute Gasteiger partial charge is 0.266 e. The largest absolute Gasteiger partial charge is 0.377 e. The van der Waals surface area contributed by atoms with Crippen molar-refractivity contribution in [3.63, 3.8) is 0 Å². The number of nitrogens with one attached hydrogen (secondary N) is 1. The van der Waals surface area contributed by atoms with Crippen LogP contribution in [0.15, 0.2) is 5.16 Å². The fraction of sp³-hybridized carbons (Fsp3) is 0.778. The molecule has 90 valence electrons. The van der Waals surface area contributed by atoms with Gasteiger partial charge in [0.2, 0.25) is 9.84 Å². The average molecular weight is 245 g/mol. The fourth-order valence-electron chi connectivity index (χ4n) is 1.72. The summed E-state index contributed by atoms with van der Waals surface area (Å²) in [6, 6.07) is 0. The van der Waals surface area contributed by atoms with Gasteiger partial charge >= 0.3 is 0 Å². The number of aryl methyl sites for hydroxylation is 1. The molecule has 2 rings (SSSR count). The number of aromatic amines is 1. The lowest BCUT2D eigenvalue weighted by Gasteiger charge is -2.21. The summed E-state index contributed by atoms with van der Waals surface area (Å²) in [5, 5.41) is 6.08. The van der Waals surface area contributed by atoms with E-state index in [1.54, 1.807) is 6.92 Å². The molecule has 0 spiro atoms. The normalized spacial score (nSPS) is 22.2. The minimum absolute atomic E-state index is 0.0235. The Bertz CT molecular complexity index is 448. The number of sulfone groups is 1. The third-order valence-electron chi connectivity index (χ3n) is 2.53. The Labute approximate surface area is 94.3 Å². The Morgan fingerprint density at radius 3 is 2.88 bits per heavy atom. The summed E-state index contributed by atoms with van der Waals surface area (Å²) in [7, 11) is -3.42. The summed E-state index contributed by atoms with van der Waals surface area (Å²) in [5.74, 6) is 0.479. The Hall–Kier alpha value is -0.950. The number of ether oxygens (including phenoxy) is 1. The SMILES string of the molecule is Cc1nc(S(=O)(=O)CC2CCCCO2)n[nH]1. The van der Waals surface area contributed by atoms with E-state index in [9.17, 15) is 8.42 Å². The minimum atomic E-state index is -3.42. The molecule has 6 nitrogen and oxygen atoms in total. The van der Waals surface area contributed by atoms with Crippen LogP contribution in [-0.4, -0.2) is 42.1 Å². The van der Waals surface area contributed by atoms with Gasteiger partial charge in [0, 0.05) is 6.61 Å². The molecule has 1 aliphatic rings. The molecular weight excluding hydrogens is 230 g/mol. The van der Waals surface area contributed by atoms with Crippen molar-refractivity contribution in [1.29, 1.82) is 0 Å². The second-order valence-corrected chi connectivity index (χ2v) is 5.90. The van der Waals surface area contributed by atoms with E-state index in [1.165, 1.54) is 0 Å². The molecule has 0 radical (unpaired) electrons. The summed E-state index contributed by atoms with van der Waals surface area (Å²) in [6.07, 6.45) is 2.61. The van der Waals surface area contributed by atoms with Gasteiger partial charge in [-0.3, -0.25) is 5.10 Å². The van der Waals surface area contributed by atoms with E-state index in [0.717, 1.165) is 19.3 Å². The van der Waals surface area contributed by atoms with Crippen LogP contribution in [0.2, 0.25) is 0 Å². The van der Waals surface area contributed by atoms with Crippen molar-refractivity contribution in [3.8, 4) is 0 Å². The van der Waals surface area contributed by atoms with Gasteiger partial charge in [-0.2, -0.15) is 0 Å². The predicted molar refractivity (Wildman–Crippen MR) is 56.8 cm³/mol. The Kier molecular flexibility index (Phi) is 3.25. The second-order valence-electron chi connectivity index (χ2n) is 3.97. The molecular formula is C9H15N3O3S. The topological polar surface area (TPSA) is 84.9 Å². The zero-order chi connectivity index (χ0) is 11.6. The van der Waals surface area contributed by atoms with Crippen LogP contribution in [0.5, 0.6) is 0 Å². The molecule has 1 unspecified atom stereocenters. The monoisotopic (exact) mass is 245 g/mol. The van der Waals surface area contributed by atoms with E-state index in [4.69, 9.17) is 4.74 Å². The van der Waals surface area contributed by atoms with Crippen LogP contribution in [0.25, 0.3) is 0 Å². The first-order valence-corrected chi connectivity index (χ1v) is 6.96. The van der Waals surface area contributed by atoms with Gasteiger partial charge in [-0.05, 0) is 26.2 Å². The summed E-state index contributed by atoms with van der Waals surface area (Å²) in [6.45, 7) is 2.32. The third-order valence-corrected chi connectivity index (χ3v) is 4.08. The van der Waals surface area contributed by atoms with Gasteiger partial charge in [0.15, 0.2) is 0 Å². The third kappa shape index (κ3) is 2.59. The zero-order valence-electron chi connectivity index (χ0n) is 9.14. The van der Waals surface area contributed by atoms with Gasteiger partial charge in [-0.15, -0.1) is 5.10 Å². The van der Waals surface area contributed by atoms with E-state index in [2.05, 4.69) is 15.2 Å². The van der Waals surface area contributed by atoms with Crippen molar-refractivity contribution in [2.75, 3.05) is 12.4 Å². The zero-order valence-corrected chi connectivity index (χ0v) is 9.96. The molecule has 7 heteroatoms. The van der Waals surface area contributed by atoms with E-state index in [0.29, 0.717) is 12.4 Å². The van der Waals surface area contributed by atoms with E-state index in [-0.39, 0.29) is 17.0 Å². The Morgan fingerprint density at radius 2 is 2.31 bits per heavy atom. The highest BCUT2D eigenvalue weighted by Gasteiger charge is 2.26. The minimum Gasteiger partial charge on any atom is -0.377 e. The molecule has 0 amide bonds. The molecule has 1 saturated heterocycles. The van der Waals surface area contributed by atoms with Crippen LogP contribution in [0.4, 0.5) is 0 Å². The van der Waals surface area contributed by atoms with Crippen LogP contribution in [0.3, 0.4) is 0 Å². The lowest BCUT2D eigenvalue weighted by atomic mass is 10.1. The highest BCUT2D eigenvalue weighted by molar-refractivity contribution is 7.91. The molecule has 16 heavy (non-hydrogen) atoms. The lowest BCUT2D eigenvalue weighted by Crippen LogP contribution is -2.28. The van der Waals surface area contributed by atoms with Gasteiger partial charge in [0.1, 0.15) is 5.82 Å². The molecule has 1 aromatic rings. The highest BCUT2D eigenvalue weighted by Crippen LogP contribution is 2.16. The quantitative estimate of drug-likeness (QED) is 0.836. The van der Waals surface area contributed by atoms with Gasteiger partial charge in [0.05, 0.1) is 11.9 Å². The second kappa shape index (κ2) is 4.50. The first-order chi connectivity index (χ1) is 7.58. The van der Waals surface area contributed by atoms with Crippen molar-refractivity contribution in [2.24, 2.45) is 0 Å². The molecule has 0 aromatic carbocycles. The van der Waals surface area contributed by atoms with Gasteiger partial charge in [-0.25, -0.2) is 13.4 Å². The standard InChI is InChI=1S/C9H15N3O3S/c1-7-10-9(12-11-7)16(13,14)6-8-4-2-3-5-15-8/h8H,2-6H2,1H3,(H,10,11,12). The molecule has 1 fully saturated rings. The number of hydrogen-bond donors (Lipinski definition) is 1. The number of rotatable bonds is 3. The number of H-pyrrole nitrogens is 1. The van der Waals surface area contributed by atoms with E-state index in [1.807, 2.05) is 0 Å². The maximum atomic E-state index is 11.9. The van der Waals surface area contributed by atoms with Crippen molar-refractivity contribution in [1.82, 2.24) is 15.2 Å². The fourth-order valence-corrected chi connectivity index (χ4v) is 3.08. The molecule has 1 aromatic heterocycles. The highest BCUT2D eigenvalue weighted by atomic mass is 32.2. The molecule has 1 atom stereocenters. The Balaban J connectivity index is 2.07. The van der Waals surface area contributed by atoms with Crippen molar-refractivity contribution in [3.05, 3.63) is 5.82 Å².